The van der Waals surface area contributed by atoms with Crippen LogP contribution in [0.4, 0.5) is 0 Å². The normalized spacial score (nSPS) is 13.2. The van der Waals surface area contributed by atoms with Crippen molar-refractivity contribution in [3.8, 4) is 22.9 Å². The first kappa shape index (κ1) is 20.4. The molecule has 7 nitrogen and oxygen atoms in total. The minimum atomic E-state index is 0.0859. The average molecular weight is 428 g/mol. The number of rotatable bonds is 8. The topological polar surface area (TPSA) is 77.7 Å². The number of nitrogens with zero attached hydrogens (tertiary/aromatic N) is 3. The Labute approximate surface area is 179 Å². The molecule has 1 aliphatic heterocycles. The van der Waals surface area contributed by atoms with Gasteiger partial charge in [-0.05, 0) is 55.0 Å². The van der Waals surface area contributed by atoms with Gasteiger partial charge in [0.05, 0.1) is 13.2 Å². The van der Waals surface area contributed by atoms with Crippen LogP contribution >= 0.6 is 11.3 Å². The summed E-state index contributed by atoms with van der Waals surface area (Å²) in [4.78, 5) is 19.1. The highest BCUT2D eigenvalue weighted by Crippen LogP contribution is 2.34. The number of hydrogen-bond donors (Lipinski definition) is 0. The van der Waals surface area contributed by atoms with Gasteiger partial charge in [-0.2, -0.15) is 16.3 Å². The minimum Gasteiger partial charge on any atom is -0.490 e. The number of fused-ring (bicyclic) bond motifs is 1. The molecular formula is C22H25N3O4S. The van der Waals surface area contributed by atoms with Crippen LogP contribution in [0.3, 0.4) is 0 Å². The van der Waals surface area contributed by atoms with Gasteiger partial charge in [-0.1, -0.05) is 5.16 Å². The summed E-state index contributed by atoms with van der Waals surface area (Å²) >= 11 is 1.58. The van der Waals surface area contributed by atoms with Crippen molar-refractivity contribution in [3.05, 3.63) is 46.0 Å². The molecule has 3 heterocycles. The van der Waals surface area contributed by atoms with E-state index in [4.69, 9.17) is 14.0 Å². The molecule has 3 aromatic rings. The van der Waals surface area contributed by atoms with Gasteiger partial charge in [-0.15, -0.1) is 0 Å². The van der Waals surface area contributed by atoms with Crippen molar-refractivity contribution in [2.45, 2.75) is 39.7 Å². The number of hydrogen-bond acceptors (Lipinski definition) is 7. The molecule has 0 N–H and O–H groups in total. The van der Waals surface area contributed by atoms with Gasteiger partial charge in [0.25, 0.3) is 0 Å². The van der Waals surface area contributed by atoms with Crippen LogP contribution < -0.4 is 9.47 Å². The molecule has 0 radical (unpaired) electrons. The van der Waals surface area contributed by atoms with E-state index in [1.807, 2.05) is 41.6 Å². The van der Waals surface area contributed by atoms with Crippen LogP contribution in [0.15, 0.2) is 33.5 Å². The largest absolute Gasteiger partial charge is 0.490 e. The van der Waals surface area contributed by atoms with E-state index in [-0.39, 0.29) is 5.91 Å². The van der Waals surface area contributed by atoms with Gasteiger partial charge in [0.2, 0.25) is 17.6 Å². The summed E-state index contributed by atoms with van der Waals surface area (Å²) < 4.78 is 16.8. The van der Waals surface area contributed by atoms with E-state index in [1.54, 1.807) is 11.3 Å². The van der Waals surface area contributed by atoms with Gasteiger partial charge in [-0.25, -0.2) is 0 Å². The van der Waals surface area contributed by atoms with Crippen molar-refractivity contribution in [1.82, 2.24) is 15.0 Å². The number of aryl methyl sites for hydroxylation is 1. The Morgan fingerprint density at radius 1 is 1.20 bits per heavy atom. The lowest BCUT2D eigenvalue weighted by molar-refractivity contribution is -0.132. The van der Waals surface area contributed by atoms with E-state index in [1.165, 1.54) is 5.56 Å². The van der Waals surface area contributed by atoms with Gasteiger partial charge in [0.1, 0.15) is 0 Å². The number of thiophene rings is 1. The molecule has 1 amide bonds. The second-order valence-corrected chi connectivity index (χ2v) is 7.80. The van der Waals surface area contributed by atoms with E-state index < -0.39 is 0 Å². The maximum Gasteiger partial charge on any atom is 0.227 e. The third-order valence-electron chi connectivity index (χ3n) is 5.03. The minimum absolute atomic E-state index is 0.0859. The maximum atomic E-state index is 12.8. The molecular weight excluding hydrogens is 402 g/mol. The molecule has 4 rings (SSSR count). The molecule has 1 aromatic carbocycles. The Morgan fingerprint density at radius 2 is 1.97 bits per heavy atom. The second-order valence-electron chi connectivity index (χ2n) is 7.02. The maximum absolute atomic E-state index is 12.8. The van der Waals surface area contributed by atoms with Crippen molar-refractivity contribution in [2.24, 2.45) is 0 Å². The number of carbonyl (C=O) groups excluding carboxylic acids is 1. The lowest BCUT2D eigenvalue weighted by atomic mass is 9.98. The summed E-state index contributed by atoms with van der Waals surface area (Å²) in [7, 11) is 0. The average Bonchev–Trinajstić information content (AvgIpc) is 3.44. The van der Waals surface area contributed by atoms with Gasteiger partial charge < -0.3 is 18.9 Å². The zero-order chi connectivity index (χ0) is 20.9. The first-order valence-electron chi connectivity index (χ1n) is 10.2. The van der Waals surface area contributed by atoms with Crippen LogP contribution in [-0.2, 0) is 24.2 Å². The molecule has 0 atom stereocenters. The summed E-state index contributed by atoms with van der Waals surface area (Å²) in [6.45, 7) is 6.33. The summed E-state index contributed by atoms with van der Waals surface area (Å²) in [5.41, 5.74) is 3.26. The van der Waals surface area contributed by atoms with E-state index in [9.17, 15) is 4.79 Å². The second kappa shape index (κ2) is 9.30. The Morgan fingerprint density at radius 3 is 2.67 bits per heavy atom. The molecule has 158 valence electrons. The van der Waals surface area contributed by atoms with Gasteiger partial charge in [-0.3, -0.25) is 4.79 Å². The molecule has 0 aliphatic carbocycles. The fourth-order valence-electron chi connectivity index (χ4n) is 3.55. The van der Waals surface area contributed by atoms with Gasteiger partial charge in [0.15, 0.2) is 11.5 Å². The SMILES string of the molecule is CCOc1cc2c(cc1OCC)CN(C(=O)CCc1nc(-c3ccsc3)no1)CC2. The van der Waals surface area contributed by atoms with Crippen molar-refractivity contribution in [2.75, 3.05) is 19.8 Å². The van der Waals surface area contributed by atoms with Crippen molar-refractivity contribution >= 4 is 17.2 Å². The third kappa shape index (κ3) is 4.48. The number of carbonyl (C=O) groups is 1. The molecule has 0 saturated heterocycles. The number of aromatic nitrogens is 2. The summed E-state index contributed by atoms with van der Waals surface area (Å²) in [5.74, 6) is 2.65. The van der Waals surface area contributed by atoms with Crippen LogP contribution in [0.25, 0.3) is 11.4 Å². The van der Waals surface area contributed by atoms with Crippen LogP contribution in [-0.4, -0.2) is 40.7 Å². The van der Waals surface area contributed by atoms with Gasteiger partial charge in [0, 0.05) is 36.9 Å². The first-order valence-corrected chi connectivity index (χ1v) is 11.2. The lowest BCUT2D eigenvalue weighted by Crippen LogP contribution is -2.36. The molecule has 2 aromatic heterocycles. The highest BCUT2D eigenvalue weighted by Gasteiger charge is 2.23. The van der Waals surface area contributed by atoms with Crippen molar-refractivity contribution < 1.29 is 18.8 Å². The third-order valence-corrected chi connectivity index (χ3v) is 5.71. The van der Waals surface area contributed by atoms with E-state index in [0.717, 1.165) is 29.0 Å². The van der Waals surface area contributed by atoms with Crippen LogP contribution in [0, 0.1) is 0 Å². The van der Waals surface area contributed by atoms with Crippen molar-refractivity contribution in [3.63, 3.8) is 0 Å². The summed E-state index contributed by atoms with van der Waals surface area (Å²) in [6, 6.07) is 6.01. The molecule has 0 fully saturated rings. The van der Waals surface area contributed by atoms with Crippen molar-refractivity contribution in [1.29, 1.82) is 0 Å². The number of amides is 1. The molecule has 8 heteroatoms. The predicted molar refractivity (Wildman–Crippen MR) is 114 cm³/mol. The fourth-order valence-corrected chi connectivity index (χ4v) is 4.19. The van der Waals surface area contributed by atoms with E-state index in [2.05, 4.69) is 16.2 Å². The highest BCUT2D eigenvalue weighted by atomic mass is 32.1. The number of ether oxygens (including phenoxy) is 2. The molecule has 0 saturated carbocycles. The zero-order valence-corrected chi connectivity index (χ0v) is 18.0. The molecule has 30 heavy (non-hydrogen) atoms. The Kier molecular flexibility index (Phi) is 6.32. The first-order chi connectivity index (χ1) is 14.7. The quantitative estimate of drug-likeness (QED) is 0.538. The summed E-state index contributed by atoms with van der Waals surface area (Å²) in [6.07, 6.45) is 1.58. The molecule has 0 bridgehead atoms. The highest BCUT2D eigenvalue weighted by molar-refractivity contribution is 7.08. The zero-order valence-electron chi connectivity index (χ0n) is 17.2. The Bertz CT molecular complexity index is 1000. The molecule has 1 aliphatic rings. The monoisotopic (exact) mass is 427 g/mol. The van der Waals surface area contributed by atoms with E-state index in [0.29, 0.717) is 50.9 Å². The van der Waals surface area contributed by atoms with Crippen LogP contribution in [0.1, 0.15) is 37.3 Å². The number of benzene rings is 1. The predicted octanol–water partition coefficient (Wildman–Crippen LogP) is 4.11. The van der Waals surface area contributed by atoms with Crippen LogP contribution in [0.5, 0.6) is 11.5 Å². The Hall–Kier alpha value is -2.87. The standard InChI is InChI=1S/C22H25N3O4S/c1-3-27-18-11-15-7-9-25(13-17(15)12-19(18)28-4-2)21(26)6-5-20-23-22(24-29-20)16-8-10-30-14-16/h8,10-12,14H,3-7,9,13H2,1-2H3. The smallest absolute Gasteiger partial charge is 0.227 e. The fraction of sp³-hybridized carbons (Fsp3) is 0.409. The van der Waals surface area contributed by atoms with Crippen LogP contribution in [0.2, 0.25) is 0 Å². The molecule has 0 unspecified atom stereocenters. The van der Waals surface area contributed by atoms with E-state index >= 15 is 0 Å². The Balaban J connectivity index is 1.39. The molecule has 0 spiro atoms. The lowest BCUT2D eigenvalue weighted by Gasteiger charge is -2.30. The summed E-state index contributed by atoms with van der Waals surface area (Å²) in [5, 5.41) is 7.94. The van der Waals surface area contributed by atoms with Gasteiger partial charge >= 0.3 is 0 Å².